The van der Waals surface area contributed by atoms with E-state index in [1.807, 2.05) is 0 Å². The Morgan fingerprint density at radius 1 is 1.20 bits per heavy atom. The van der Waals surface area contributed by atoms with Crippen molar-refractivity contribution in [3.05, 3.63) is 24.3 Å². The first kappa shape index (κ1) is 13.8. The summed E-state index contributed by atoms with van der Waals surface area (Å²) < 4.78 is 0. The monoisotopic (exact) mass is 272 g/mol. The van der Waals surface area contributed by atoms with Crippen molar-refractivity contribution in [2.24, 2.45) is 16.7 Å². The second-order valence-corrected chi connectivity index (χ2v) is 7.94. The van der Waals surface area contributed by atoms with Gasteiger partial charge in [0.15, 0.2) is 0 Å². The summed E-state index contributed by atoms with van der Waals surface area (Å²) in [5.74, 6) is 0.891. The second kappa shape index (κ2) is 4.41. The summed E-state index contributed by atoms with van der Waals surface area (Å²) in [6, 6.07) is 9.38. The molecule has 1 aromatic rings. The Labute approximate surface area is 123 Å². The first-order chi connectivity index (χ1) is 9.33. The highest BCUT2D eigenvalue weighted by Gasteiger charge is 2.59. The molecule has 1 aromatic carbocycles. The van der Waals surface area contributed by atoms with Crippen molar-refractivity contribution in [1.82, 2.24) is 0 Å². The zero-order valence-corrected chi connectivity index (χ0v) is 13.5. The van der Waals surface area contributed by atoms with Gasteiger partial charge in [0, 0.05) is 31.5 Å². The van der Waals surface area contributed by atoms with Crippen molar-refractivity contribution in [2.45, 2.75) is 46.1 Å². The molecule has 0 aliphatic heterocycles. The van der Waals surface area contributed by atoms with E-state index in [2.05, 4.69) is 69.3 Å². The molecule has 2 aliphatic carbocycles. The fourth-order valence-corrected chi connectivity index (χ4v) is 4.70. The Hall–Kier alpha value is -1.18. The highest BCUT2D eigenvalue weighted by atomic mass is 15.1. The van der Waals surface area contributed by atoms with Crippen molar-refractivity contribution >= 4 is 11.4 Å². The number of benzene rings is 1. The van der Waals surface area contributed by atoms with Crippen LogP contribution in [-0.2, 0) is 0 Å². The molecule has 3 atom stereocenters. The number of hydrogen-bond acceptors (Lipinski definition) is 2. The van der Waals surface area contributed by atoms with Crippen LogP contribution in [0.4, 0.5) is 11.4 Å². The molecule has 2 aliphatic rings. The Balaban J connectivity index is 1.86. The summed E-state index contributed by atoms with van der Waals surface area (Å²) in [5.41, 5.74) is 3.41. The summed E-state index contributed by atoms with van der Waals surface area (Å²) in [7, 11) is 4.20. The molecule has 1 N–H and O–H groups in total. The molecule has 20 heavy (non-hydrogen) atoms. The Bertz CT molecular complexity index is 501. The topological polar surface area (TPSA) is 15.3 Å². The van der Waals surface area contributed by atoms with Crippen molar-refractivity contribution in [2.75, 3.05) is 24.3 Å². The molecule has 0 radical (unpaired) electrons. The van der Waals surface area contributed by atoms with Crippen molar-refractivity contribution < 1.29 is 0 Å². The highest BCUT2D eigenvalue weighted by Crippen LogP contribution is 2.63. The normalized spacial score (nSPS) is 34.2. The summed E-state index contributed by atoms with van der Waals surface area (Å²) in [5, 5.41) is 3.87. The second-order valence-electron chi connectivity index (χ2n) is 7.94. The molecule has 0 heterocycles. The Kier molecular flexibility index (Phi) is 3.04. The zero-order chi connectivity index (χ0) is 14.5. The van der Waals surface area contributed by atoms with Crippen LogP contribution in [0.3, 0.4) is 0 Å². The molecule has 110 valence electrons. The van der Waals surface area contributed by atoms with Gasteiger partial charge >= 0.3 is 0 Å². The summed E-state index contributed by atoms with van der Waals surface area (Å²) >= 11 is 0. The van der Waals surface area contributed by atoms with Crippen molar-refractivity contribution in [3.8, 4) is 0 Å². The molecule has 3 rings (SSSR count). The van der Waals surface area contributed by atoms with E-state index in [9.17, 15) is 0 Å². The van der Waals surface area contributed by atoms with Gasteiger partial charge in [0.25, 0.3) is 0 Å². The number of hydrogen-bond donors (Lipinski definition) is 1. The van der Waals surface area contributed by atoms with Gasteiger partial charge in [-0.05, 0) is 54.2 Å². The average molecular weight is 272 g/mol. The largest absolute Gasteiger partial charge is 0.381 e. The molecule has 2 bridgehead atoms. The maximum Gasteiger partial charge on any atom is 0.0381 e. The first-order valence-electron chi connectivity index (χ1n) is 7.87. The van der Waals surface area contributed by atoms with E-state index in [4.69, 9.17) is 0 Å². The third-order valence-electron chi connectivity index (χ3n) is 5.94. The maximum absolute atomic E-state index is 3.87. The van der Waals surface area contributed by atoms with Crippen molar-refractivity contribution in [3.63, 3.8) is 0 Å². The number of nitrogens with zero attached hydrogens (tertiary/aromatic N) is 1. The molecule has 0 spiro atoms. The summed E-state index contributed by atoms with van der Waals surface area (Å²) in [4.78, 5) is 2.17. The molecule has 0 saturated heterocycles. The predicted molar refractivity (Wildman–Crippen MR) is 87.4 cm³/mol. The summed E-state index contributed by atoms with van der Waals surface area (Å²) in [6.45, 7) is 7.39. The fourth-order valence-electron chi connectivity index (χ4n) is 4.70. The molecule has 2 heteroatoms. The lowest BCUT2D eigenvalue weighted by Crippen LogP contribution is -2.45. The lowest BCUT2D eigenvalue weighted by molar-refractivity contribution is 0.155. The van der Waals surface area contributed by atoms with E-state index >= 15 is 0 Å². The predicted octanol–water partition coefficient (Wildman–Crippen LogP) is 4.38. The number of rotatable bonds is 3. The lowest BCUT2D eigenvalue weighted by Gasteiger charge is -2.43. The minimum absolute atomic E-state index is 0.404. The zero-order valence-electron chi connectivity index (χ0n) is 13.5. The third-order valence-corrected chi connectivity index (χ3v) is 5.94. The van der Waals surface area contributed by atoms with Crippen LogP contribution < -0.4 is 10.2 Å². The molecule has 1 unspecified atom stereocenters. The number of fused-ring (bicyclic) bond motifs is 2. The van der Waals surface area contributed by atoms with Crippen LogP contribution in [0.25, 0.3) is 0 Å². The van der Waals surface area contributed by atoms with Gasteiger partial charge in [0.2, 0.25) is 0 Å². The lowest BCUT2D eigenvalue weighted by atomic mass is 9.68. The van der Waals surface area contributed by atoms with Crippen LogP contribution in [0.5, 0.6) is 0 Å². The van der Waals surface area contributed by atoms with Gasteiger partial charge in [-0.25, -0.2) is 0 Å². The van der Waals surface area contributed by atoms with Gasteiger partial charge in [0.05, 0.1) is 0 Å². The smallest absolute Gasteiger partial charge is 0.0381 e. The SMILES string of the molecule is CN(C)c1cccc(NC2C(C)(C)[C@H]3CC[C@]2(C)C3)c1. The number of anilines is 2. The van der Waals surface area contributed by atoms with Crippen LogP contribution in [0.2, 0.25) is 0 Å². The quantitative estimate of drug-likeness (QED) is 0.878. The van der Waals surface area contributed by atoms with E-state index < -0.39 is 0 Å². The first-order valence-corrected chi connectivity index (χ1v) is 7.87. The molecular weight excluding hydrogens is 244 g/mol. The maximum atomic E-state index is 3.87. The molecule has 0 amide bonds. The Morgan fingerprint density at radius 2 is 1.95 bits per heavy atom. The molecule has 2 nitrogen and oxygen atoms in total. The van der Waals surface area contributed by atoms with E-state index in [0.29, 0.717) is 16.9 Å². The Morgan fingerprint density at radius 3 is 2.55 bits per heavy atom. The van der Waals surface area contributed by atoms with Crippen LogP contribution >= 0.6 is 0 Å². The van der Waals surface area contributed by atoms with Gasteiger partial charge in [-0.15, -0.1) is 0 Å². The van der Waals surface area contributed by atoms with Crippen LogP contribution in [-0.4, -0.2) is 20.1 Å². The average Bonchev–Trinajstić information content (AvgIpc) is 2.86. The molecule has 2 saturated carbocycles. The molecular formula is C18H28N2. The van der Waals surface area contributed by atoms with E-state index in [0.717, 1.165) is 5.92 Å². The van der Waals surface area contributed by atoms with Gasteiger partial charge in [-0.1, -0.05) is 26.8 Å². The van der Waals surface area contributed by atoms with Crippen molar-refractivity contribution in [1.29, 1.82) is 0 Å². The van der Waals surface area contributed by atoms with Crippen LogP contribution in [0.1, 0.15) is 40.0 Å². The van der Waals surface area contributed by atoms with E-state index in [-0.39, 0.29) is 0 Å². The highest BCUT2D eigenvalue weighted by molar-refractivity contribution is 5.58. The molecule has 2 fully saturated rings. The van der Waals surface area contributed by atoms with Gasteiger partial charge in [0.1, 0.15) is 0 Å². The fraction of sp³-hybridized carbons (Fsp3) is 0.667. The van der Waals surface area contributed by atoms with Gasteiger partial charge in [-0.2, -0.15) is 0 Å². The van der Waals surface area contributed by atoms with E-state index in [1.54, 1.807) is 0 Å². The standard InChI is InChI=1S/C18H28N2/c1-17(2)13-9-10-18(3,12-13)16(17)19-14-7-6-8-15(11-14)20(4)5/h6-8,11,13,16,19H,9-10,12H2,1-5H3/t13-,16?,18+/m0/s1. The van der Waals surface area contributed by atoms with E-state index in [1.165, 1.54) is 30.6 Å². The minimum Gasteiger partial charge on any atom is -0.381 e. The van der Waals surface area contributed by atoms with Gasteiger partial charge < -0.3 is 10.2 Å². The minimum atomic E-state index is 0.404. The molecule has 0 aromatic heterocycles. The van der Waals surface area contributed by atoms with Crippen LogP contribution in [0.15, 0.2) is 24.3 Å². The summed E-state index contributed by atoms with van der Waals surface area (Å²) in [6.07, 6.45) is 4.19. The number of nitrogens with one attached hydrogen (secondary N) is 1. The van der Waals surface area contributed by atoms with Crippen LogP contribution in [0, 0.1) is 16.7 Å². The van der Waals surface area contributed by atoms with Gasteiger partial charge in [-0.3, -0.25) is 0 Å². The third kappa shape index (κ3) is 2.01.